The third-order valence-electron chi connectivity index (χ3n) is 4.85. The highest BCUT2D eigenvalue weighted by Crippen LogP contribution is 2.38. The molecule has 1 heterocycles. The fourth-order valence-corrected chi connectivity index (χ4v) is 4.05. The van der Waals surface area contributed by atoms with Gasteiger partial charge in [0.2, 0.25) is 5.91 Å². The molecule has 7 heteroatoms. The Morgan fingerprint density at radius 3 is 2.57 bits per heavy atom. The van der Waals surface area contributed by atoms with Crippen molar-refractivity contribution in [1.82, 2.24) is 9.62 Å². The van der Waals surface area contributed by atoms with Gasteiger partial charge < -0.3 is 4.90 Å². The van der Waals surface area contributed by atoms with Gasteiger partial charge in [0.15, 0.2) is 0 Å². The second kappa shape index (κ2) is 6.62. The Balaban J connectivity index is 1.92. The summed E-state index contributed by atoms with van der Waals surface area (Å²) in [5.74, 6) is 0.413. The highest BCUT2D eigenvalue weighted by Gasteiger charge is 2.38. The standard InChI is InChI=1S/C14H27N3O3S/c1-14(7-3-2-4-8-14)13(18)17-9-5-6-12(11-17)10-16-21(15,19)20/h12,16H,2-11H2,1H3,(H2,15,19,20). The number of carbonyl (C=O) groups excluding carboxylic acids is 1. The minimum Gasteiger partial charge on any atom is -0.342 e. The number of nitrogens with two attached hydrogens (primary N) is 1. The molecule has 122 valence electrons. The lowest BCUT2D eigenvalue weighted by Crippen LogP contribution is -2.49. The molecule has 1 saturated heterocycles. The summed E-state index contributed by atoms with van der Waals surface area (Å²) in [7, 11) is -3.65. The number of rotatable bonds is 4. The van der Waals surface area contributed by atoms with Crippen molar-refractivity contribution in [3.05, 3.63) is 0 Å². The molecule has 0 radical (unpaired) electrons. The SMILES string of the molecule is CC1(C(=O)N2CCCC(CNS(N)(=O)=O)C2)CCCCC1. The minimum atomic E-state index is -3.65. The van der Waals surface area contributed by atoms with Crippen LogP contribution in [-0.4, -0.2) is 38.9 Å². The normalized spacial score (nSPS) is 26.6. The van der Waals surface area contributed by atoms with Crippen molar-refractivity contribution in [2.45, 2.75) is 51.9 Å². The van der Waals surface area contributed by atoms with Crippen molar-refractivity contribution >= 4 is 16.1 Å². The highest BCUT2D eigenvalue weighted by molar-refractivity contribution is 7.87. The Labute approximate surface area is 127 Å². The lowest BCUT2D eigenvalue weighted by Gasteiger charge is -2.40. The highest BCUT2D eigenvalue weighted by atomic mass is 32.2. The summed E-state index contributed by atoms with van der Waals surface area (Å²) in [5.41, 5.74) is -0.215. The van der Waals surface area contributed by atoms with Crippen molar-refractivity contribution in [2.24, 2.45) is 16.5 Å². The van der Waals surface area contributed by atoms with E-state index in [2.05, 4.69) is 11.6 Å². The molecule has 1 unspecified atom stereocenters. The van der Waals surface area contributed by atoms with Gasteiger partial charge in [-0.25, -0.2) is 9.86 Å². The monoisotopic (exact) mass is 317 g/mol. The van der Waals surface area contributed by atoms with E-state index in [1.807, 2.05) is 4.90 Å². The van der Waals surface area contributed by atoms with E-state index in [9.17, 15) is 13.2 Å². The first-order valence-electron chi connectivity index (χ1n) is 7.87. The predicted molar refractivity (Wildman–Crippen MR) is 81.6 cm³/mol. The summed E-state index contributed by atoms with van der Waals surface area (Å²) in [6.07, 6.45) is 7.30. The third-order valence-corrected chi connectivity index (χ3v) is 5.42. The summed E-state index contributed by atoms with van der Waals surface area (Å²) < 4.78 is 24.3. The summed E-state index contributed by atoms with van der Waals surface area (Å²) in [6, 6.07) is 0. The molecule has 3 N–H and O–H groups in total. The van der Waals surface area contributed by atoms with Crippen molar-refractivity contribution < 1.29 is 13.2 Å². The van der Waals surface area contributed by atoms with E-state index in [0.717, 1.165) is 45.1 Å². The van der Waals surface area contributed by atoms with Crippen LogP contribution >= 0.6 is 0 Å². The van der Waals surface area contributed by atoms with E-state index in [1.165, 1.54) is 6.42 Å². The smallest absolute Gasteiger partial charge is 0.274 e. The second-order valence-electron chi connectivity index (χ2n) is 6.77. The van der Waals surface area contributed by atoms with Crippen molar-refractivity contribution in [1.29, 1.82) is 0 Å². The first-order chi connectivity index (χ1) is 9.80. The van der Waals surface area contributed by atoms with Gasteiger partial charge in [-0.2, -0.15) is 8.42 Å². The Morgan fingerprint density at radius 1 is 1.29 bits per heavy atom. The third kappa shape index (κ3) is 4.66. The van der Waals surface area contributed by atoms with Gasteiger partial charge in [0.25, 0.3) is 10.2 Å². The van der Waals surface area contributed by atoms with Gasteiger partial charge >= 0.3 is 0 Å². The summed E-state index contributed by atoms with van der Waals surface area (Å²) in [5, 5.41) is 4.97. The topological polar surface area (TPSA) is 92.5 Å². The maximum absolute atomic E-state index is 12.8. The van der Waals surface area contributed by atoms with Gasteiger partial charge in [0, 0.05) is 25.0 Å². The molecule has 0 aromatic rings. The Bertz CT molecular complexity index is 472. The maximum Gasteiger partial charge on any atom is 0.274 e. The van der Waals surface area contributed by atoms with E-state index < -0.39 is 10.2 Å². The van der Waals surface area contributed by atoms with E-state index >= 15 is 0 Å². The zero-order valence-electron chi connectivity index (χ0n) is 12.8. The van der Waals surface area contributed by atoms with Crippen molar-refractivity contribution in [3.8, 4) is 0 Å². The molecular weight excluding hydrogens is 290 g/mol. The molecule has 1 saturated carbocycles. The van der Waals surface area contributed by atoms with Crippen molar-refractivity contribution in [3.63, 3.8) is 0 Å². The quantitative estimate of drug-likeness (QED) is 0.810. The molecule has 1 aliphatic carbocycles. The van der Waals surface area contributed by atoms with Crippen LogP contribution in [-0.2, 0) is 15.0 Å². The molecule has 0 bridgehead atoms. The molecule has 2 aliphatic rings. The average Bonchev–Trinajstić information content (AvgIpc) is 2.45. The maximum atomic E-state index is 12.8. The summed E-state index contributed by atoms with van der Waals surface area (Å²) in [4.78, 5) is 14.7. The molecule has 2 fully saturated rings. The van der Waals surface area contributed by atoms with Crippen LogP contribution in [0.25, 0.3) is 0 Å². The number of hydrogen-bond acceptors (Lipinski definition) is 3. The number of nitrogens with one attached hydrogen (secondary N) is 1. The molecular formula is C14H27N3O3S. The molecule has 1 amide bonds. The Morgan fingerprint density at radius 2 is 1.95 bits per heavy atom. The zero-order chi connectivity index (χ0) is 15.5. The number of likely N-dealkylation sites (tertiary alicyclic amines) is 1. The number of amides is 1. The van der Waals surface area contributed by atoms with Crippen LogP contribution in [0.2, 0.25) is 0 Å². The molecule has 0 spiro atoms. The van der Waals surface area contributed by atoms with Crippen LogP contribution in [0.1, 0.15) is 51.9 Å². The summed E-state index contributed by atoms with van der Waals surface area (Å²) in [6.45, 7) is 3.83. The van der Waals surface area contributed by atoms with Gasteiger partial charge in [-0.3, -0.25) is 4.79 Å². The van der Waals surface area contributed by atoms with Crippen LogP contribution in [0.3, 0.4) is 0 Å². The van der Waals surface area contributed by atoms with Gasteiger partial charge in [-0.15, -0.1) is 0 Å². The van der Waals surface area contributed by atoms with Crippen LogP contribution in [0.5, 0.6) is 0 Å². The van der Waals surface area contributed by atoms with Gasteiger partial charge in [0.05, 0.1) is 0 Å². The van der Waals surface area contributed by atoms with E-state index in [-0.39, 0.29) is 17.2 Å². The Hall–Kier alpha value is -0.660. The molecule has 0 aromatic heterocycles. The van der Waals surface area contributed by atoms with Gasteiger partial charge in [-0.1, -0.05) is 26.2 Å². The van der Waals surface area contributed by atoms with Crippen LogP contribution in [0, 0.1) is 11.3 Å². The van der Waals surface area contributed by atoms with Crippen molar-refractivity contribution in [2.75, 3.05) is 19.6 Å². The number of piperidine rings is 1. The van der Waals surface area contributed by atoms with Crippen LogP contribution < -0.4 is 9.86 Å². The lowest BCUT2D eigenvalue weighted by atomic mass is 9.74. The molecule has 2 rings (SSSR count). The predicted octanol–water partition coefficient (Wildman–Crippen LogP) is 0.989. The number of nitrogens with zero attached hydrogens (tertiary/aromatic N) is 1. The zero-order valence-corrected chi connectivity index (χ0v) is 13.6. The number of carbonyl (C=O) groups is 1. The van der Waals surface area contributed by atoms with Crippen LogP contribution in [0.4, 0.5) is 0 Å². The van der Waals surface area contributed by atoms with Gasteiger partial charge in [-0.05, 0) is 31.6 Å². The fourth-order valence-electron chi connectivity index (χ4n) is 3.58. The molecule has 0 aromatic carbocycles. The minimum absolute atomic E-state index is 0.160. The van der Waals surface area contributed by atoms with Gasteiger partial charge in [0.1, 0.15) is 0 Å². The Kier molecular flexibility index (Phi) is 5.27. The fraction of sp³-hybridized carbons (Fsp3) is 0.929. The average molecular weight is 317 g/mol. The largest absolute Gasteiger partial charge is 0.342 e. The van der Waals surface area contributed by atoms with E-state index in [0.29, 0.717) is 13.1 Å². The molecule has 21 heavy (non-hydrogen) atoms. The van der Waals surface area contributed by atoms with E-state index in [4.69, 9.17) is 5.14 Å². The molecule has 1 atom stereocenters. The van der Waals surface area contributed by atoms with Crippen LogP contribution in [0.15, 0.2) is 0 Å². The molecule has 1 aliphatic heterocycles. The first kappa shape index (κ1) is 16.7. The molecule has 6 nitrogen and oxygen atoms in total. The lowest BCUT2D eigenvalue weighted by molar-refractivity contribution is -0.145. The van der Waals surface area contributed by atoms with E-state index in [1.54, 1.807) is 0 Å². The number of hydrogen-bond donors (Lipinski definition) is 2. The second-order valence-corrected chi connectivity index (χ2v) is 8.15. The summed E-state index contributed by atoms with van der Waals surface area (Å²) >= 11 is 0. The first-order valence-corrected chi connectivity index (χ1v) is 9.42.